The SMILES string of the molecule is CCOC(=O)c1ccccc1NC(=O)C1CC1C(=O)Nc1ccc(F)c(F)c1. The van der Waals surface area contributed by atoms with Crippen LogP contribution in [0, 0.1) is 23.5 Å². The molecule has 8 heteroatoms. The van der Waals surface area contributed by atoms with Crippen LogP contribution in [0.5, 0.6) is 0 Å². The molecule has 3 rings (SSSR count). The number of rotatable bonds is 6. The van der Waals surface area contributed by atoms with E-state index < -0.39 is 41.3 Å². The number of carbonyl (C=O) groups excluding carboxylic acids is 3. The van der Waals surface area contributed by atoms with Gasteiger partial charge in [-0.15, -0.1) is 0 Å². The van der Waals surface area contributed by atoms with Crippen LogP contribution in [0.3, 0.4) is 0 Å². The second-order valence-corrected chi connectivity index (χ2v) is 6.32. The normalized spacial score (nSPS) is 17.5. The molecule has 2 aromatic carbocycles. The predicted molar refractivity (Wildman–Crippen MR) is 97.6 cm³/mol. The van der Waals surface area contributed by atoms with E-state index >= 15 is 0 Å². The monoisotopic (exact) mass is 388 g/mol. The third kappa shape index (κ3) is 4.33. The molecule has 0 radical (unpaired) electrons. The fourth-order valence-electron chi connectivity index (χ4n) is 2.79. The highest BCUT2D eigenvalue weighted by molar-refractivity contribution is 6.06. The molecule has 0 spiro atoms. The van der Waals surface area contributed by atoms with E-state index in [0.717, 1.165) is 12.1 Å². The second-order valence-electron chi connectivity index (χ2n) is 6.32. The van der Waals surface area contributed by atoms with E-state index in [1.165, 1.54) is 12.1 Å². The Morgan fingerprint density at radius 2 is 1.68 bits per heavy atom. The van der Waals surface area contributed by atoms with Crippen molar-refractivity contribution < 1.29 is 27.9 Å². The first-order chi connectivity index (χ1) is 13.4. The third-order valence-electron chi connectivity index (χ3n) is 4.33. The lowest BCUT2D eigenvalue weighted by atomic mass is 10.1. The summed E-state index contributed by atoms with van der Waals surface area (Å²) in [7, 11) is 0. The maximum atomic E-state index is 13.2. The number of hydrogen-bond acceptors (Lipinski definition) is 4. The highest BCUT2D eigenvalue weighted by atomic mass is 19.2. The minimum atomic E-state index is -1.07. The quantitative estimate of drug-likeness (QED) is 0.744. The van der Waals surface area contributed by atoms with Gasteiger partial charge >= 0.3 is 5.97 Å². The number of benzene rings is 2. The van der Waals surface area contributed by atoms with Crippen LogP contribution >= 0.6 is 0 Å². The molecule has 0 heterocycles. The highest BCUT2D eigenvalue weighted by Crippen LogP contribution is 2.40. The van der Waals surface area contributed by atoms with Crippen LogP contribution in [0.2, 0.25) is 0 Å². The molecule has 6 nitrogen and oxygen atoms in total. The Kier molecular flexibility index (Phi) is 5.67. The number of esters is 1. The molecule has 28 heavy (non-hydrogen) atoms. The van der Waals surface area contributed by atoms with Crippen LogP contribution < -0.4 is 10.6 Å². The van der Waals surface area contributed by atoms with Gasteiger partial charge in [-0.2, -0.15) is 0 Å². The van der Waals surface area contributed by atoms with Gasteiger partial charge in [-0.05, 0) is 37.6 Å². The number of hydrogen-bond donors (Lipinski definition) is 2. The van der Waals surface area contributed by atoms with E-state index in [-0.39, 0.29) is 17.9 Å². The summed E-state index contributed by atoms with van der Waals surface area (Å²) in [6, 6.07) is 9.45. The molecule has 1 fully saturated rings. The number of amides is 2. The lowest BCUT2D eigenvalue weighted by Gasteiger charge is -2.10. The third-order valence-corrected chi connectivity index (χ3v) is 4.33. The standard InChI is InChI=1S/C20H18F2N2O4/c1-2-28-20(27)12-5-3-4-6-17(12)24-19(26)14-10-13(14)18(25)23-11-7-8-15(21)16(22)9-11/h3-9,13-14H,2,10H2,1H3,(H,23,25)(H,24,26). The average Bonchev–Trinajstić information content (AvgIpc) is 3.46. The number of nitrogens with one attached hydrogen (secondary N) is 2. The summed E-state index contributed by atoms with van der Waals surface area (Å²) in [5.74, 6) is -4.64. The van der Waals surface area contributed by atoms with E-state index in [1.807, 2.05) is 0 Å². The maximum Gasteiger partial charge on any atom is 0.340 e. The van der Waals surface area contributed by atoms with Crippen molar-refractivity contribution in [3.8, 4) is 0 Å². The van der Waals surface area contributed by atoms with Gasteiger partial charge in [-0.3, -0.25) is 9.59 Å². The van der Waals surface area contributed by atoms with Crippen LogP contribution in [-0.2, 0) is 14.3 Å². The minimum absolute atomic E-state index is 0.114. The zero-order chi connectivity index (χ0) is 20.3. The first kappa shape index (κ1) is 19.5. The lowest BCUT2D eigenvalue weighted by Crippen LogP contribution is -2.21. The zero-order valence-corrected chi connectivity index (χ0v) is 15.0. The molecule has 0 saturated heterocycles. The van der Waals surface area contributed by atoms with Crippen LogP contribution in [0.1, 0.15) is 23.7 Å². The van der Waals surface area contributed by atoms with Crippen molar-refractivity contribution >= 4 is 29.2 Å². The number of carbonyl (C=O) groups is 3. The van der Waals surface area contributed by atoms with Crippen LogP contribution in [-0.4, -0.2) is 24.4 Å². The van der Waals surface area contributed by atoms with Gasteiger partial charge in [-0.25, -0.2) is 13.6 Å². The van der Waals surface area contributed by atoms with Gasteiger partial charge in [0.25, 0.3) is 0 Å². The average molecular weight is 388 g/mol. The van der Waals surface area contributed by atoms with E-state index in [2.05, 4.69) is 10.6 Å². The van der Waals surface area contributed by atoms with Crippen molar-refractivity contribution in [2.45, 2.75) is 13.3 Å². The predicted octanol–water partition coefficient (Wildman–Crippen LogP) is 3.35. The molecular weight excluding hydrogens is 370 g/mol. The van der Waals surface area contributed by atoms with Gasteiger partial charge in [-0.1, -0.05) is 12.1 Å². The molecule has 2 atom stereocenters. The van der Waals surface area contributed by atoms with Gasteiger partial charge in [0.05, 0.1) is 29.7 Å². The Morgan fingerprint density at radius 3 is 2.36 bits per heavy atom. The molecule has 2 N–H and O–H groups in total. The summed E-state index contributed by atoms with van der Waals surface area (Å²) in [5, 5.41) is 5.11. The van der Waals surface area contributed by atoms with Gasteiger partial charge in [0.1, 0.15) is 0 Å². The smallest absolute Gasteiger partial charge is 0.340 e. The summed E-state index contributed by atoms with van der Waals surface area (Å²) < 4.78 is 31.1. The largest absolute Gasteiger partial charge is 0.462 e. The van der Waals surface area contributed by atoms with Crippen LogP contribution in [0.25, 0.3) is 0 Å². The lowest BCUT2D eigenvalue weighted by molar-refractivity contribution is -0.122. The molecule has 2 aromatic rings. The summed E-state index contributed by atoms with van der Waals surface area (Å²) in [6.07, 6.45) is 0.322. The highest BCUT2D eigenvalue weighted by Gasteiger charge is 2.48. The van der Waals surface area contributed by atoms with Crippen LogP contribution in [0.4, 0.5) is 20.2 Å². The van der Waals surface area contributed by atoms with Gasteiger partial charge < -0.3 is 15.4 Å². The van der Waals surface area contributed by atoms with Crippen molar-refractivity contribution in [2.24, 2.45) is 11.8 Å². The fourth-order valence-corrected chi connectivity index (χ4v) is 2.79. The first-order valence-corrected chi connectivity index (χ1v) is 8.73. The molecule has 0 aromatic heterocycles. The molecule has 146 valence electrons. The van der Waals surface area contributed by atoms with Crippen LogP contribution in [0.15, 0.2) is 42.5 Å². The molecule has 0 bridgehead atoms. The molecule has 1 aliphatic rings. The summed E-state index contributed by atoms with van der Waals surface area (Å²) in [5.41, 5.74) is 0.640. The summed E-state index contributed by atoms with van der Waals surface area (Å²) in [4.78, 5) is 36.6. The number of ether oxygens (including phenoxy) is 1. The molecular formula is C20H18F2N2O4. The Hall–Kier alpha value is -3.29. The number of halogens is 2. The van der Waals surface area contributed by atoms with E-state index in [1.54, 1.807) is 25.1 Å². The van der Waals surface area contributed by atoms with E-state index in [0.29, 0.717) is 12.1 Å². The maximum absolute atomic E-state index is 13.2. The fraction of sp³-hybridized carbons (Fsp3) is 0.250. The minimum Gasteiger partial charge on any atom is -0.462 e. The van der Waals surface area contributed by atoms with Crippen molar-refractivity contribution in [2.75, 3.05) is 17.2 Å². The van der Waals surface area contributed by atoms with Crippen molar-refractivity contribution in [1.82, 2.24) is 0 Å². The Morgan fingerprint density at radius 1 is 1.00 bits per heavy atom. The summed E-state index contributed by atoms with van der Waals surface area (Å²) >= 11 is 0. The molecule has 1 aliphatic carbocycles. The van der Waals surface area contributed by atoms with Gasteiger partial charge in [0.15, 0.2) is 11.6 Å². The van der Waals surface area contributed by atoms with E-state index in [4.69, 9.17) is 4.74 Å². The zero-order valence-electron chi connectivity index (χ0n) is 15.0. The van der Waals surface area contributed by atoms with Gasteiger partial charge in [0.2, 0.25) is 11.8 Å². The molecule has 2 unspecified atom stereocenters. The summed E-state index contributed by atoms with van der Waals surface area (Å²) in [6.45, 7) is 1.88. The first-order valence-electron chi connectivity index (χ1n) is 8.73. The van der Waals surface area contributed by atoms with Crippen molar-refractivity contribution in [3.05, 3.63) is 59.7 Å². The Bertz CT molecular complexity index is 932. The van der Waals surface area contributed by atoms with Crippen molar-refractivity contribution in [3.63, 3.8) is 0 Å². The molecule has 1 saturated carbocycles. The topological polar surface area (TPSA) is 84.5 Å². The molecule has 2 amide bonds. The Labute approximate surface area is 159 Å². The van der Waals surface area contributed by atoms with E-state index in [9.17, 15) is 23.2 Å². The number of para-hydroxylation sites is 1. The number of anilines is 2. The second kappa shape index (κ2) is 8.16. The van der Waals surface area contributed by atoms with Gasteiger partial charge in [0, 0.05) is 11.8 Å². The van der Waals surface area contributed by atoms with Crippen molar-refractivity contribution in [1.29, 1.82) is 0 Å². The Balaban J connectivity index is 1.61. The molecule has 0 aliphatic heterocycles.